The second-order valence-corrected chi connectivity index (χ2v) is 8.73. The van der Waals surface area contributed by atoms with Crippen molar-refractivity contribution < 1.29 is 14.3 Å². The lowest BCUT2D eigenvalue weighted by Gasteiger charge is -2.16. The smallest absolute Gasteiger partial charge is 0.250 e. The number of thioether (sulfide) groups is 1. The highest BCUT2D eigenvalue weighted by atomic mass is 35.5. The van der Waals surface area contributed by atoms with Crippen LogP contribution >= 0.6 is 23.4 Å². The zero-order chi connectivity index (χ0) is 24.2. The van der Waals surface area contributed by atoms with E-state index < -0.39 is 0 Å². The van der Waals surface area contributed by atoms with Gasteiger partial charge in [-0.25, -0.2) is 5.43 Å². The number of carbonyl (C=O) groups is 1. The van der Waals surface area contributed by atoms with Gasteiger partial charge in [-0.15, -0.1) is 18.3 Å². The molecule has 0 saturated carbocycles. The van der Waals surface area contributed by atoms with Crippen LogP contribution in [-0.2, 0) is 17.8 Å². The molecule has 0 aliphatic rings. The molecule has 0 atom stereocenters. The summed E-state index contributed by atoms with van der Waals surface area (Å²) in [6, 6.07) is 21.1. The number of halogens is 1. The van der Waals surface area contributed by atoms with Crippen LogP contribution in [0.3, 0.4) is 0 Å². The molecule has 0 spiro atoms. The van der Waals surface area contributed by atoms with Crippen LogP contribution < -0.4 is 14.9 Å². The first-order valence-corrected chi connectivity index (χ1v) is 12.2. The van der Waals surface area contributed by atoms with Gasteiger partial charge in [0.15, 0.2) is 11.5 Å². The third-order valence-corrected chi connectivity index (χ3v) is 5.89. The van der Waals surface area contributed by atoms with Crippen LogP contribution in [0.5, 0.6) is 11.5 Å². The molecular weight excluding hydrogens is 468 g/mol. The summed E-state index contributed by atoms with van der Waals surface area (Å²) in [5.41, 5.74) is 5.36. The minimum atomic E-state index is -0.199. The molecule has 0 aliphatic carbocycles. The van der Waals surface area contributed by atoms with Crippen molar-refractivity contribution >= 4 is 35.5 Å². The lowest BCUT2D eigenvalue weighted by molar-refractivity contribution is -0.118. The Morgan fingerprint density at radius 1 is 1.12 bits per heavy atom. The van der Waals surface area contributed by atoms with Gasteiger partial charge in [0.1, 0.15) is 6.61 Å². The molecule has 7 heteroatoms. The quantitative estimate of drug-likeness (QED) is 0.139. The third kappa shape index (κ3) is 7.97. The lowest BCUT2D eigenvalue weighted by atomic mass is 10.1. The number of ether oxygens (including phenoxy) is 2. The van der Waals surface area contributed by atoms with E-state index in [1.165, 1.54) is 11.8 Å². The van der Waals surface area contributed by atoms with Crippen LogP contribution in [0.25, 0.3) is 0 Å². The monoisotopic (exact) mass is 494 g/mol. The van der Waals surface area contributed by atoms with Crippen molar-refractivity contribution in [2.45, 2.75) is 24.8 Å². The fourth-order valence-electron chi connectivity index (χ4n) is 3.11. The predicted molar refractivity (Wildman–Crippen MR) is 140 cm³/mol. The highest BCUT2D eigenvalue weighted by molar-refractivity contribution is 8.00. The molecule has 176 valence electrons. The molecule has 0 saturated heterocycles. The second-order valence-electron chi connectivity index (χ2n) is 7.24. The first-order chi connectivity index (χ1) is 16.6. The summed E-state index contributed by atoms with van der Waals surface area (Å²) in [6.07, 6.45) is 4.02. The Labute approximate surface area is 209 Å². The molecule has 3 rings (SSSR count). The fraction of sp³-hybridized carbons (Fsp3) is 0.185. The van der Waals surface area contributed by atoms with E-state index in [2.05, 4.69) is 17.1 Å². The van der Waals surface area contributed by atoms with Crippen LogP contribution in [-0.4, -0.2) is 24.5 Å². The second kappa shape index (κ2) is 13.5. The van der Waals surface area contributed by atoms with E-state index in [9.17, 15) is 4.79 Å². The zero-order valence-electron chi connectivity index (χ0n) is 19.0. The molecule has 0 aromatic heterocycles. The number of carbonyl (C=O) groups excluding carboxylic acids is 1. The van der Waals surface area contributed by atoms with Gasteiger partial charge in [0, 0.05) is 15.5 Å². The van der Waals surface area contributed by atoms with Gasteiger partial charge >= 0.3 is 0 Å². The number of rotatable bonds is 12. The molecule has 1 amide bonds. The summed E-state index contributed by atoms with van der Waals surface area (Å²) >= 11 is 7.30. The zero-order valence-corrected chi connectivity index (χ0v) is 20.6. The summed E-state index contributed by atoms with van der Waals surface area (Å²) in [4.78, 5) is 13.1. The normalized spacial score (nSPS) is 10.8. The van der Waals surface area contributed by atoms with Gasteiger partial charge < -0.3 is 9.47 Å². The van der Waals surface area contributed by atoms with Crippen molar-refractivity contribution in [1.82, 2.24) is 5.43 Å². The number of nitrogens with zero attached hydrogens (tertiary/aromatic N) is 1. The highest BCUT2D eigenvalue weighted by Gasteiger charge is 2.13. The number of hydrogen-bond acceptors (Lipinski definition) is 5. The van der Waals surface area contributed by atoms with Crippen molar-refractivity contribution in [3.63, 3.8) is 0 Å². The maximum atomic E-state index is 12.2. The van der Waals surface area contributed by atoms with Gasteiger partial charge in [-0.3, -0.25) is 4.79 Å². The van der Waals surface area contributed by atoms with Crippen LogP contribution in [0.1, 0.15) is 23.6 Å². The number of amides is 1. The van der Waals surface area contributed by atoms with E-state index in [0.29, 0.717) is 36.2 Å². The lowest BCUT2D eigenvalue weighted by Crippen LogP contribution is -2.19. The minimum Gasteiger partial charge on any atom is -0.490 e. The molecule has 5 nitrogen and oxygen atoms in total. The summed E-state index contributed by atoms with van der Waals surface area (Å²) in [5, 5.41) is 4.78. The molecule has 34 heavy (non-hydrogen) atoms. The van der Waals surface area contributed by atoms with Crippen LogP contribution in [0, 0.1) is 0 Å². The Morgan fingerprint density at radius 3 is 2.59 bits per heavy atom. The Bertz CT molecular complexity index is 1120. The van der Waals surface area contributed by atoms with Gasteiger partial charge in [0.25, 0.3) is 0 Å². The van der Waals surface area contributed by atoms with E-state index in [-0.39, 0.29) is 11.7 Å². The Kier molecular flexibility index (Phi) is 10.1. The van der Waals surface area contributed by atoms with Crippen molar-refractivity contribution in [1.29, 1.82) is 0 Å². The first kappa shape index (κ1) is 25.4. The largest absolute Gasteiger partial charge is 0.490 e. The summed E-state index contributed by atoms with van der Waals surface area (Å²) in [6.45, 7) is 6.71. The van der Waals surface area contributed by atoms with E-state index >= 15 is 0 Å². The fourth-order valence-corrected chi connectivity index (χ4v) is 3.93. The van der Waals surface area contributed by atoms with Crippen molar-refractivity contribution in [2.75, 3.05) is 12.4 Å². The first-order valence-electron chi connectivity index (χ1n) is 10.9. The molecule has 0 aliphatic heterocycles. The molecule has 0 radical (unpaired) electrons. The average Bonchev–Trinajstić information content (AvgIpc) is 2.84. The third-order valence-electron chi connectivity index (χ3n) is 4.63. The summed E-state index contributed by atoms with van der Waals surface area (Å²) < 4.78 is 12.0. The molecule has 1 N–H and O–H groups in total. The van der Waals surface area contributed by atoms with Gasteiger partial charge in [-0.1, -0.05) is 48.0 Å². The van der Waals surface area contributed by atoms with Crippen molar-refractivity contribution in [3.05, 3.63) is 101 Å². The molecule has 3 aromatic rings. The maximum absolute atomic E-state index is 12.2. The number of nitrogens with one attached hydrogen (secondary N) is 1. The van der Waals surface area contributed by atoms with Crippen molar-refractivity contribution in [3.8, 4) is 11.5 Å². The van der Waals surface area contributed by atoms with Crippen LogP contribution in [0.2, 0.25) is 5.02 Å². The number of allylic oxidation sites excluding steroid dienone is 1. The Morgan fingerprint density at radius 2 is 1.88 bits per heavy atom. The van der Waals surface area contributed by atoms with E-state index in [4.69, 9.17) is 21.1 Å². The molecule has 0 unspecified atom stereocenters. The maximum Gasteiger partial charge on any atom is 0.250 e. The van der Waals surface area contributed by atoms with Gasteiger partial charge in [-0.2, -0.15) is 5.10 Å². The minimum absolute atomic E-state index is 0.199. The average molecular weight is 495 g/mol. The Hall–Kier alpha value is -3.22. The molecular formula is C27H27ClN2O3S. The van der Waals surface area contributed by atoms with E-state index in [0.717, 1.165) is 21.6 Å². The van der Waals surface area contributed by atoms with Gasteiger partial charge in [0.2, 0.25) is 5.91 Å². The highest BCUT2D eigenvalue weighted by Crippen LogP contribution is 2.34. The van der Waals surface area contributed by atoms with Crippen molar-refractivity contribution in [2.24, 2.45) is 5.10 Å². The number of hydrazone groups is 1. The summed E-state index contributed by atoms with van der Waals surface area (Å²) in [5.74, 6) is 1.36. The standard InChI is InChI=1S/C27H27ClN2O3S/c1-3-8-22-15-21(17-29-30-26(31)19-34-24-13-11-23(28)12-14-24)16-25(32-4-2)27(22)33-18-20-9-6-5-7-10-20/h3,5-7,9-17H,1,4,8,18-19H2,2H3,(H,30,31)/b29-17-. The van der Waals surface area contributed by atoms with Crippen LogP contribution in [0.15, 0.2) is 89.4 Å². The SMILES string of the molecule is C=CCc1cc(/C=N\NC(=O)CSc2ccc(Cl)cc2)cc(OCC)c1OCc1ccccc1. The predicted octanol–water partition coefficient (Wildman–Crippen LogP) is 6.29. The van der Waals surface area contributed by atoms with Gasteiger partial charge in [0.05, 0.1) is 18.6 Å². The van der Waals surface area contributed by atoms with E-state index in [1.807, 2.05) is 67.6 Å². The number of hydrogen-bond donors (Lipinski definition) is 1. The molecule has 0 bridgehead atoms. The summed E-state index contributed by atoms with van der Waals surface area (Å²) in [7, 11) is 0. The molecule has 0 heterocycles. The van der Waals surface area contributed by atoms with E-state index in [1.54, 1.807) is 18.3 Å². The molecule has 0 fully saturated rings. The van der Waals surface area contributed by atoms with Gasteiger partial charge in [-0.05, 0) is 60.9 Å². The molecule has 3 aromatic carbocycles. The Balaban J connectivity index is 1.67. The topological polar surface area (TPSA) is 59.9 Å². The number of benzene rings is 3. The van der Waals surface area contributed by atoms with Crippen LogP contribution in [0.4, 0.5) is 0 Å².